The zero-order valence-corrected chi connectivity index (χ0v) is 10.2. The van der Waals surface area contributed by atoms with Gasteiger partial charge in [-0.05, 0) is 38.1 Å². The molecule has 0 bridgehead atoms. The molecule has 0 saturated carbocycles. The smallest absolute Gasteiger partial charge is 0.354 e. The van der Waals surface area contributed by atoms with E-state index in [9.17, 15) is 4.79 Å². The van der Waals surface area contributed by atoms with Gasteiger partial charge < -0.3 is 9.47 Å². The minimum atomic E-state index is -0.423. The Hall–Kier alpha value is -2.04. The van der Waals surface area contributed by atoms with Crippen molar-refractivity contribution in [2.45, 2.75) is 13.8 Å². The molecule has 1 aromatic rings. The van der Waals surface area contributed by atoms with Gasteiger partial charge in [0.05, 0.1) is 19.4 Å². The average molecular weight is 236 g/mol. The second-order valence-electron chi connectivity index (χ2n) is 3.26. The Morgan fingerprint density at radius 1 is 1.35 bits per heavy atom. The molecule has 0 radical (unpaired) electrons. The number of nitrogens with zero attached hydrogens (tertiary/aromatic N) is 1. The monoisotopic (exact) mass is 236 g/mol. The lowest BCUT2D eigenvalue weighted by molar-refractivity contribution is -0.135. The van der Waals surface area contributed by atoms with Gasteiger partial charge in [-0.25, -0.2) is 4.79 Å². The van der Waals surface area contributed by atoms with Crippen LogP contribution < -0.4 is 10.2 Å². The van der Waals surface area contributed by atoms with E-state index in [1.165, 1.54) is 0 Å². The van der Waals surface area contributed by atoms with Gasteiger partial charge in [-0.2, -0.15) is 5.10 Å². The van der Waals surface area contributed by atoms with Crippen LogP contribution in [-0.2, 0) is 9.53 Å². The van der Waals surface area contributed by atoms with E-state index < -0.39 is 5.97 Å². The Balaban J connectivity index is 2.59. The SMILES string of the molecule is CCOC(=O)/C(C)=N\Nc1ccc(OC)cc1. The molecule has 1 aromatic carbocycles. The van der Waals surface area contributed by atoms with Gasteiger partial charge in [0, 0.05) is 0 Å². The number of nitrogens with one attached hydrogen (secondary N) is 1. The van der Waals surface area contributed by atoms with Gasteiger partial charge in [0.25, 0.3) is 0 Å². The fourth-order valence-corrected chi connectivity index (χ4v) is 1.10. The van der Waals surface area contributed by atoms with E-state index in [1.54, 1.807) is 45.2 Å². The molecule has 0 atom stereocenters. The molecule has 0 aliphatic heterocycles. The number of anilines is 1. The molecule has 17 heavy (non-hydrogen) atoms. The van der Waals surface area contributed by atoms with Gasteiger partial charge in [-0.3, -0.25) is 5.43 Å². The maximum absolute atomic E-state index is 11.3. The summed E-state index contributed by atoms with van der Waals surface area (Å²) < 4.78 is 9.83. The van der Waals surface area contributed by atoms with E-state index in [4.69, 9.17) is 9.47 Å². The number of rotatable bonds is 5. The molecule has 0 spiro atoms. The first kappa shape index (κ1) is 13.0. The van der Waals surface area contributed by atoms with Crippen LogP contribution in [0.5, 0.6) is 5.75 Å². The fraction of sp³-hybridized carbons (Fsp3) is 0.333. The van der Waals surface area contributed by atoms with Crippen LogP contribution in [0.15, 0.2) is 29.4 Å². The highest BCUT2D eigenvalue weighted by Gasteiger charge is 2.05. The average Bonchev–Trinajstić information content (AvgIpc) is 2.36. The lowest BCUT2D eigenvalue weighted by Crippen LogP contribution is -2.15. The Bertz CT molecular complexity index is 399. The van der Waals surface area contributed by atoms with Crippen molar-refractivity contribution in [1.82, 2.24) is 0 Å². The van der Waals surface area contributed by atoms with E-state index in [2.05, 4.69) is 10.5 Å². The van der Waals surface area contributed by atoms with Crippen molar-refractivity contribution in [3.8, 4) is 5.75 Å². The third-order valence-corrected chi connectivity index (χ3v) is 2.01. The van der Waals surface area contributed by atoms with Crippen LogP contribution >= 0.6 is 0 Å². The lowest BCUT2D eigenvalue weighted by Gasteiger charge is -2.04. The van der Waals surface area contributed by atoms with Crippen molar-refractivity contribution in [2.75, 3.05) is 19.1 Å². The van der Waals surface area contributed by atoms with E-state index in [-0.39, 0.29) is 5.71 Å². The second-order valence-corrected chi connectivity index (χ2v) is 3.26. The quantitative estimate of drug-likeness (QED) is 0.483. The third-order valence-electron chi connectivity index (χ3n) is 2.01. The first-order valence-corrected chi connectivity index (χ1v) is 5.28. The molecule has 0 aliphatic rings. The molecule has 1 rings (SSSR count). The summed E-state index contributed by atoms with van der Waals surface area (Å²) >= 11 is 0. The molecule has 0 heterocycles. The number of hydrazone groups is 1. The van der Waals surface area contributed by atoms with Crippen molar-refractivity contribution in [1.29, 1.82) is 0 Å². The molecular formula is C12H16N2O3. The molecule has 0 unspecified atom stereocenters. The zero-order valence-electron chi connectivity index (χ0n) is 10.2. The third kappa shape index (κ3) is 4.14. The summed E-state index contributed by atoms with van der Waals surface area (Å²) in [7, 11) is 1.60. The van der Waals surface area contributed by atoms with Crippen molar-refractivity contribution in [2.24, 2.45) is 5.10 Å². The van der Waals surface area contributed by atoms with Gasteiger partial charge in [0.2, 0.25) is 0 Å². The van der Waals surface area contributed by atoms with Crippen LogP contribution in [0, 0.1) is 0 Å². The normalized spacial score (nSPS) is 10.9. The first-order valence-electron chi connectivity index (χ1n) is 5.28. The summed E-state index contributed by atoms with van der Waals surface area (Å²) in [5, 5.41) is 3.92. The molecule has 5 nitrogen and oxygen atoms in total. The molecule has 0 amide bonds. The van der Waals surface area contributed by atoms with E-state index in [0.29, 0.717) is 6.61 Å². The van der Waals surface area contributed by atoms with Gasteiger partial charge in [-0.1, -0.05) is 0 Å². The number of carbonyl (C=O) groups excluding carboxylic acids is 1. The second kappa shape index (κ2) is 6.52. The summed E-state index contributed by atoms with van der Waals surface area (Å²) in [6, 6.07) is 7.22. The standard InChI is InChI=1S/C12H16N2O3/c1-4-17-12(15)9(2)13-14-10-5-7-11(16-3)8-6-10/h5-8,14H,4H2,1-3H3/b13-9-. The minimum Gasteiger partial charge on any atom is -0.497 e. The van der Waals surface area contributed by atoms with Crippen molar-refractivity contribution in [3.63, 3.8) is 0 Å². The molecule has 5 heteroatoms. The Morgan fingerprint density at radius 2 is 2.00 bits per heavy atom. The predicted molar refractivity (Wildman–Crippen MR) is 66.4 cm³/mol. The van der Waals surface area contributed by atoms with Gasteiger partial charge >= 0.3 is 5.97 Å². The number of methoxy groups -OCH3 is 1. The minimum absolute atomic E-state index is 0.280. The number of hydrogen-bond acceptors (Lipinski definition) is 5. The topological polar surface area (TPSA) is 59.9 Å². The van der Waals surface area contributed by atoms with Gasteiger partial charge in [0.1, 0.15) is 11.5 Å². The van der Waals surface area contributed by atoms with Crippen molar-refractivity contribution < 1.29 is 14.3 Å². The molecule has 1 N–H and O–H groups in total. The van der Waals surface area contributed by atoms with Crippen LogP contribution in [0.4, 0.5) is 5.69 Å². The highest BCUT2D eigenvalue weighted by molar-refractivity contribution is 6.35. The summed E-state index contributed by atoms with van der Waals surface area (Å²) in [6.07, 6.45) is 0. The number of hydrogen-bond donors (Lipinski definition) is 1. The zero-order chi connectivity index (χ0) is 12.7. The Morgan fingerprint density at radius 3 is 2.53 bits per heavy atom. The molecule has 0 aromatic heterocycles. The maximum atomic E-state index is 11.3. The van der Waals surface area contributed by atoms with Crippen molar-refractivity contribution in [3.05, 3.63) is 24.3 Å². The van der Waals surface area contributed by atoms with Crippen LogP contribution in [0.2, 0.25) is 0 Å². The summed E-state index contributed by atoms with van der Waals surface area (Å²) in [6.45, 7) is 3.69. The lowest BCUT2D eigenvalue weighted by atomic mass is 10.3. The van der Waals surface area contributed by atoms with Gasteiger partial charge in [-0.15, -0.1) is 0 Å². The first-order chi connectivity index (χ1) is 8.17. The highest BCUT2D eigenvalue weighted by atomic mass is 16.5. The van der Waals surface area contributed by atoms with E-state index in [0.717, 1.165) is 11.4 Å². The fourth-order valence-electron chi connectivity index (χ4n) is 1.10. The summed E-state index contributed by atoms with van der Waals surface area (Å²) in [4.78, 5) is 11.3. The van der Waals surface area contributed by atoms with Crippen LogP contribution in [0.1, 0.15) is 13.8 Å². The number of esters is 1. The van der Waals surface area contributed by atoms with E-state index >= 15 is 0 Å². The van der Waals surface area contributed by atoms with Crippen LogP contribution in [0.25, 0.3) is 0 Å². The van der Waals surface area contributed by atoms with E-state index in [1.807, 2.05) is 0 Å². The molecule has 0 fully saturated rings. The predicted octanol–water partition coefficient (Wildman–Crippen LogP) is 2.05. The maximum Gasteiger partial charge on any atom is 0.354 e. The number of benzene rings is 1. The van der Waals surface area contributed by atoms with Crippen LogP contribution in [-0.4, -0.2) is 25.4 Å². The van der Waals surface area contributed by atoms with Gasteiger partial charge in [0.15, 0.2) is 0 Å². The summed E-state index contributed by atoms with van der Waals surface area (Å²) in [5.41, 5.74) is 3.82. The van der Waals surface area contributed by atoms with Crippen LogP contribution in [0.3, 0.4) is 0 Å². The van der Waals surface area contributed by atoms with Crippen molar-refractivity contribution >= 4 is 17.4 Å². The number of ether oxygens (including phenoxy) is 2. The molecular weight excluding hydrogens is 220 g/mol. The highest BCUT2D eigenvalue weighted by Crippen LogP contribution is 2.14. The molecule has 0 aliphatic carbocycles. The Labute approximate surface area is 100 Å². The number of carbonyl (C=O) groups is 1. The largest absolute Gasteiger partial charge is 0.497 e. The molecule has 92 valence electrons. The Kier molecular flexibility index (Phi) is 5.00. The summed E-state index contributed by atoms with van der Waals surface area (Å²) in [5.74, 6) is 0.343. The molecule has 0 saturated heterocycles.